The van der Waals surface area contributed by atoms with Crippen LogP contribution < -0.4 is 9.47 Å². The normalized spacial score (nSPS) is 10.4. The summed E-state index contributed by atoms with van der Waals surface area (Å²) in [4.78, 5) is 11.3. The van der Waals surface area contributed by atoms with E-state index >= 15 is 0 Å². The molecule has 1 aromatic heterocycles. The number of methoxy groups -OCH3 is 1. The van der Waals surface area contributed by atoms with Crippen LogP contribution in [-0.4, -0.2) is 35.0 Å². The van der Waals surface area contributed by atoms with Gasteiger partial charge in [0.2, 0.25) is 0 Å². The average molecular weight is 290 g/mol. The van der Waals surface area contributed by atoms with Gasteiger partial charge < -0.3 is 14.6 Å². The summed E-state index contributed by atoms with van der Waals surface area (Å²) in [5.41, 5.74) is 1.74. The zero-order valence-corrected chi connectivity index (χ0v) is 12.3. The first-order valence-electron chi connectivity index (χ1n) is 6.68. The molecule has 0 saturated heterocycles. The van der Waals surface area contributed by atoms with Gasteiger partial charge in [-0.15, -0.1) is 0 Å². The van der Waals surface area contributed by atoms with Crippen LogP contribution in [0.2, 0.25) is 0 Å². The van der Waals surface area contributed by atoms with Gasteiger partial charge in [0.15, 0.2) is 11.5 Å². The first kappa shape index (κ1) is 14.9. The summed E-state index contributed by atoms with van der Waals surface area (Å²) in [6, 6.07) is 5.27. The number of ether oxygens (including phenoxy) is 2. The minimum absolute atomic E-state index is 0.166. The van der Waals surface area contributed by atoms with Crippen molar-refractivity contribution in [3.63, 3.8) is 0 Å². The van der Waals surface area contributed by atoms with E-state index in [4.69, 9.17) is 9.47 Å². The number of aromatic amines is 1. The van der Waals surface area contributed by atoms with Crippen molar-refractivity contribution in [1.82, 2.24) is 10.2 Å². The maximum Gasteiger partial charge on any atom is 0.339 e. The molecule has 0 aliphatic heterocycles. The third kappa shape index (κ3) is 2.99. The lowest BCUT2D eigenvalue weighted by Gasteiger charge is -2.11. The molecule has 0 fully saturated rings. The van der Waals surface area contributed by atoms with Gasteiger partial charge in [-0.25, -0.2) is 4.79 Å². The molecule has 6 nitrogen and oxygen atoms in total. The number of H-pyrrole nitrogens is 1. The fourth-order valence-corrected chi connectivity index (χ4v) is 2.05. The number of carboxylic acid groups (broad SMARTS) is 1. The number of aryl methyl sites for hydroxylation is 1. The molecule has 6 heteroatoms. The van der Waals surface area contributed by atoms with Crippen LogP contribution in [0.3, 0.4) is 0 Å². The molecule has 0 bridgehead atoms. The number of benzene rings is 1. The van der Waals surface area contributed by atoms with Crippen molar-refractivity contribution < 1.29 is 19.4 Å². The quantitative estimate of drug-likeness (QED) is 0.854. The van der Waals surface area contributed by atoms with E-state index in [9.17, 15) is 9.90 Å². The second kappa shape index (κ2) is 6.30. The predicted octanol–water partition coefficient (Wildman–Crippen LogP) is 2.88. The zero-order chi connectivity index (χ0) is 15.4. The van der Waals surface area contributed by atoms with Crippen LogP contribution in [-0.2, 0) is 0 Å². The van der Waals surface area contributed by atoms with E-state index in [0.29, 0.717) is 35.1 Å². The molecule has 0 saturated carbocycles. The van der Waals surface area contributed by atoms with Gasteiger partial charge in [-0.05, 0) is 31.5 Å². The number of aromatic carboxylic acids is 1. The topological polar surface area (TPSA) is 84.4 Å². The molecule has 2 rings (SSSR count). The van der Waals surface area contributed by atoms with Crippen molar-refractivity contribution in [2.24, 2.45) is 0 Å². The fourth-order valence-electron chi connectivity index (χ4n) is 2.05. The van der Waals surface area contributed by atoms with Crippen molar-refractivity contribution in [1.29, 1.82) is 0 Å². The second-order valence-electron chi connectivity index (χ2n) is 4.59. The van der Waals surface area contributed by atoms with Gasteiger partial charge in [-0.3, -0.25) is 5.10 Å². The highest BCUT2D eigenvalue weighted by Crippen LogP contribution is 2.33. The van der Waals surface area contributed by atoms with Crippen molar-refractivity contribution in [3.05, 3.63) is 29.5 Å². The molecule has 0 spiro atoms. The smallest absolute Gasteiger partial charge is 0.339 e. The minimum Gasteiger partial charge on any atom is -0.493 e. The highest BCUT2D eigenvalue weighted by Gasteiger charge is 2.19. The minimum atomic E-state index is -1.01. The highest BCUT2D eigenvalue weighted by atomic mass is 16.5. The van der Waals surface area contributed by atoms with E-state index in [0.717, 1.165) is 6.42 Å². The Hall–Kier alpha value is -2.50. The summed E-state index contributed by atoms with van der Waals surface area (Å²) in [7, 11) is 1.55. The van der Waals surface area contributed by atoms with Crippen LogP contribution in [0.5, 0.6) is 11.5 Å². The first-order valence-corrected chi connectivity index (χ1v) is 6.68. The van der Waals surface area contributed by atoms with Gasteiger partial charge in [0, 0.05) is 11.3 Å². The number of aromatic nitrogens is 2. The van der Waals surface area contributed by atoms with Crippen LogP contribution in [0.15, 0.2) is 18.2 Å². The summed E-state index contributed by atoms with van der Waals surface area (Å²) >= 11 is 0. The first-order chi connectivity index (χ1) is 10.1. The molecular formula is C15H18N2O4. The van der Waals surface area contributed by atoms with E-state index in [1.807, 2.05) is 6.92 Å². The number of carboxylic acids is 1. The van der Waals surface area contributed by atoms with Gasteiger partial charge in [-0.1, -0.05) is 6.92 Å². The van der Waals surface area contributed by atoms with Gasteiger partial charge in [0.25, 0.3) is 0 Å². The van der Waals surface area contributed by atoms with Gasteiger partial charge in [-0.2, -0.15) is 5.10 Å². The zero-order valence-electron chi connectivity index (χ0n) is 12.3. The van der Waals surface area contributed by atoms with Gasteiger partial charge >= 0.3 is 5.97 Å². The Kier molecular flexibility index (Phi) is 4.47. The third-order valence-corrected chi connectivity index (χ3v) is 3.06. The molecule has 0 aliphatic carbocycles. The SMILES string of the molecule is CCCOc1ccc(-c2n[nH]c(C)c2C(=O)O)cc1OC. The average Bonchev–Trinajstić information content (AvgIpc) is 2.86. The summed E-state index contributed by atoms with van der Waals surface area (Å²) < 4.78 is 10.9. The summed E-state index contributed by atoms with van der Waals surface area (Å²) in [6.45, 7) is 4.29. The lowest BCUT2D eigenvalue weighted by molar-refractivity contribution is 0.0697. The summed E-state index contributed by atoms with van der Waals surface area (Å²) in [5.74, 6) is 0.173. The molecule has 21 heavy (non-hydrogen) atoms. The number of rotatable bonds is 6. The molecule has 1 aromatic carbocycles. The highest BCUT2D eigenvalue weighted by molar-refractivity contribution is 5.96. The van der Waals surface area contributed by atoms with E-state index in [-0.39, 0.29) is 5.56 Å². The van der Waals surface area contributed by atoms with Crippen LogP contribution in [0.25, 0.3) is 11.3 Å². The number of nitrogens with zero attached hydrogens (tertiary/aromatic N) is 1. The molecule has 0 radical (unpaired) electrons. The molecule has 0 unspecified atom stereocenters. The van der Waals surface area contributed by atoms with Gasteiger partial charge in [0.05, 0.1) is 13.7 Å². The van der Waals surface area contributed by atoms with E-state index < -0.39 is 5.97 Å². The van der Waals surface area contributed by atoms with Crippen molar-refractivity contribution in [3.8, 4) is 22.8 Å². The largest absolute Gasteiger partial charge is 0.493 e. The molecule has 0 aliphatic rings. The molecule has 0 amide bonds. The Morgan fingerprint density at radius 3 is 2.76 bits per heavy atom. The summed E-state index contributed by atoms with van der Waals surface area (Å²) in [5, 5.41) is 16.1. The number of carbonyl (C=O) groups is 1. The maximum atomic E-state index is 11.3. The standard InChI is InChI=1S/C15H18N2O4/c1-4-7-21-11-6-5-10(8-12(11)20-3)14-13(15(18)19)9(2)16-17-14/h5-6,8H,4,7H2,1-3H3,(H,16,17)(H,18,19). The number of nitrogens with one attached hydrogen (secondary N) is 1. The van der Waals surface area contributed by atoms with E-state index in [2.05, 4.69) is 10.2 Å². The van der Waals surface area contributed by atoms with Crippen molar-refractivity contribution in [2.75, 3.05) is 13.7 Å². The Morgan fingerprint density at radius 2 is 2.14 bits per heavy atom. The molecular weight excluding hydrogens is 272 g/mol. The van der Waals surface area contributed by atoms with Gasteiger partial charge in [0.1, 0.15) is 11.3 Å². The molecule has 1 heterocycles. The second-order valence-corrected chi connectivity index (χ2v) is 4.59. The van der Waals surface area contributed by atoms with E-state index in [1.165, 1.54) is 0 Å². The molecule has 0 atom stereocenters. The molecule has 2 aromatic rings. The maximum absolute atomic E-state index is 11.3. The van der Waals surface area contributed by atoms with Crippen molar-refractivity contribution >= 4 is 5.97 Å². The Bertz CT molecular complexity index is 649. The fraction of sp³-hybridized carbons (Fsp3) is 0.333. The molecule has 2 N–H and O–H groups in total. The third-order valence-electron chi connectivity index (χ3n) is 3.06. The predicted molar refractivity (Wildman–Crippen MR) is 78.1 cm³/mol. The Labute approximate surface area is 122 Å². The number of hydrogen-bond donors (Lipinski definition) is 2. The van der Waals surface area contributed by atoms with Crippen molar-refractivity contribution in [2.45, 2.75) is 20.3 Å². The number of hydrogen-bond acceptors (Lipinski definition) is 4. The monoisotopic (exact) mass is 290 g/mol. The lowest BCUT2D eigenvalue weighted by Crippen LogP contribution is -2.00. The lowest BCUT2D eigenvalue weighted by atomic mass is 10.1. The van der Waals surface area contributed by atoms with Crippen LogP contribution in [0.4, 0.5) is 0 Å². The van der Waals surface area contributed by atoms with Crippen LogP contribution in [0.1, 0.15) is 29.4 Å². The Morgan fingerprint density at radius 1 is 1.38 bits per heavy atom. The summed E-state index contributed by atoms with van der Waals surface area (Å²) in [6.07, 6.45) is 0.895. The Balaban J connectivity index is 2.44. The van der Waals surface area contributed by atoms with E-state index in [1.54, 1.807) is 32.2 Å². The molecule has 112 valence electrons. The van der Waals surface area contributed by atoms with Crippen LogP contribution in [0, 0.1) is 6.92 Å². The van der Waals surface area contributed by atoms with Crippen LogP contribution >= 0.6 is 0 Å².